The third kappa shape index (κ3) is 7.33. The maximum Gasteiger partial charge on any atom is 0.305 e. The summed E-state index contributed by atoms with van der Waals surface area (Å²) in [5.74, 6) is -1.53. The Bertz CT molecular complexity index is 1200. The highest BCUT2D eigenvalue weighted by atomic mass is 35.5. The van der Waals surface area contributed by atoms with Crippen LogP contribution in [0.15, 0.2) is 47.5 Å². The molecule has 0 fully saturated rings. The molecule has 0 aliphatic carbocycles. The van der Waals surface area contributed by atoms with E-state index in [1.54, 1.807) is 35.2 Å². The minimum atomic E-state index is -0.975. The van der Waals surface area contributed by atoms with E-state index >= 15 is 0 Å². The first-order valence-corrected chi connectivity index (χ1v) is 12.9. The number of benzene rings is 2. The topological polar surface area (TPSA) is 99.1 Å². The van der Waals surface area contributed by atoms with Crippen molar-refractivity contribution >= 4 is 46.7 Å². The summed E-state index contributed by atoms with van der Waals surface area (Å²) in [4.78, 5) is 43.5. The van der Waals surface area contributed by atoms with E-state index in [2.05, 4.69) is 26.1 Å². The number of nitrogens with one attached hydrogen (secondary N) is 1. The van der Waals surface area contributed by atoms with Gasteiger partial charge in [-0.15, -0.1) is 0 Å². The molecular formula is C28H33Cl2N3O4. The maximum absolute atomic E-state index is 13.8. The van der Waals surface area contributed by atoms with Crippen molar-refractivity contribution in [2.75, 3.05) is 6.54 Å². The standard InChI is InChI=1S/C28H33Cl2N3O4/c1-27(2,3)12-10-22(17-6-8-18(9-7-17)25(36)31-13-11-23(34)35)33-26(37)24(32-28(33,4)5)19-14-20(29)16-21(30)15-19/h6-9,14-16,22H,10-13H2,1-5H3,(H,31,36)(H,34,35)/t22-/m1/s1. The molecule has 0 saturated carbocycles. The summed E-state index contributed by atoms with van der Waals surface area (Å²) < 4.78 is 0. The van der Waals surface area contributed by atoms with Gasteiger partial charge in [0.15, 0.2) is 0 Å². The Labute approximate surface area is 227 Å². The lowest BCUT2D eigenvalue weighted by Crippen LogP contribution is -2.45. The Morgan fingerprint density at radius 1 is 1.08 bits per heavy atom. The van der Waals surface area contributed by atoms with Crippen LogP contribution in [0.25, 0.3) is 0 Å². The van der Waals surface area contributed by atoms with Crippen LogP contribution in [0.5, 0.6) is 0 Å². The van der Waals surface area contributed by atoms with Gasteiger partial charge in [-0.3, -0.25) is 19.4 Å². The molecule has 198 valence electrons. The molecule has 9 heteroatoms. The third-order valence-corrected chi connectivity index (χ3v) is 6.63. The van der Waals surface area contributed by atoms with Crippen molar-refractivity contribution in [2.45, 2.75) is 65.6 Å². The minimum absolute atomic E-state index is 0.0410. The highest BCUT2D eigenvalue weighted by Gasteiger charge is 2.45. The molecule has 0 bridgehead atoms. The van der Waals surface area contributed by atoms with E-state index < -0.39 is 11.6 Å². The van der Waals surface area contributed by atoms with E-state index in [0.29, 0.717) is 33.3 Å². The number of nitrogens with zero attached hydrogens (tertiary/aromatic N) is 2. The van der Waals surface area contributed by atoms with Gasteiger partial charge in [0, 0.05) is 27.7 Å². The highest BCUT2D eigenvalue weighted by Crippen LogP contribution is 2.40. The Morgan fingerprint density at radius 2 is 1.68 bits per heavy atom. The zero-order valence-corrected chi connectivity index (χ0v) is 23.3. The maximum atomic E-state index is 13.8. The fourth-order valence-electron chi connectivity index (χ4n) is 4.40. The van der Waals surface area contributed by atoms with Gasteiger partial charge in [-0.25, -0.2) is 0 Å². The number of hydrogen-bond donors (Lipinski definition) is 2. The largest absolute Gasteiger partial charge is 0.481 e. The number of carbonyl (C=O) groups is 3. The van der Waals surface area contributed by atoms with Crippen LogP contribution in [-0.4, -0.2) is 45.7 Å². The Hall–Kier alpha value is -2.90. The summed E-state index contributed by atoms with van der Waals surface area (Å²) in [6.45, 7) is 10.3. The van der Waals surface area contributed by atoms with Gasteiger partial charge in [-0.1, -0.05) is 56.1 Å². The van der Waals surface area contributed by atoms with Crippen LogP contribution in [0.2, 0.25) is 10.0 Å². The number of aliphatic imine (C=N–C) groups is 1. The average Bonchev–Trinajstić information content (AvgIpc) is 3.02. The summed E-state index contributed by atoms with van der Waals surface area (Å²) in [7, 11) is 0. The molecule has 37 heavy (non-hydrogen) atoms. The summed E-state index contributed by atoms with van der Waals surface area (Å²) in [5, 5.41) is 12.2. The Kier molecular flexibility index (Phi) is 8.70. The van der Waals surface area contributed by atoms with Crippen LogP contribution < -0.4 is 5.32 Å². The van der Waals surface area contributed by atoms with E-state index in [-0.39, 0.29) is 36.2 Å². The molecule has 7 nitrogen and oxygen atoms in total. The van der Waals surface area contributed by atoms with Crippen molar-refractivity contribution < 1.29 is 19.5 Å². The van der Waals surface area contributed by atoms with Crippen LogP contribution in [0.3, 0.4) is 0 Å². The predicted octanol–water partition coefficient (Wildman–Crippen LogP) is 6.13. The van der Waals surface area contributed by atoms with Crippen molar-refractivity contribution in [3.8, 4) is 0 Å². The molecule has 3 rings (SSSR count). The lowest BCUT2D eigenvalue weighted by molar-refractivity contribution is -0.136. The quantitative estimate of drug-likeness (QED) is 0.395. The second-order valence-electron chi connectivity index (χ2n) is 10.9. The summed E-state index contributed by atoms with van der Waals surface area (Å²) in [5.41, 5.74) is 1.40. The molecule has 2 aromatic carbocycles. The number of halogens is 2. The number of hydrogen-bond acceptors (Lipinski definition) is 4. The molecule has 2 N–H and O–H groups in total. The molecule has 0 radical (unpaired) electrons. The third-order valence-electron chi connectivity index (χ3n) is 6.19. The molecule has 1 aliphatic heterocycles. The molecule has 1 aliphatic rings. The molecule has 0 aromatic heterocycles. The summed E-state index contributed by atoms with van der Waals surface area (Å²) in [6, 6.07) is 11.8. The number of carboxylic acids is 1. The zero-order valence-electron chi connectivity index (χ0n) is 21.8. The smallest absolute Gasteiger partial charge is 0.305 e. The van der Waals surface area contributed by atoms with Crippen LogP contribution in [0, 0.1) is 5.41 Å². The van der Waals surface area contributed by atoms with Crippen molar-refractivity contribution in [3.05, 3.63) is 69.2 Å². The molecule has 1 atom stereocenters. The van der Waals surface area contributed by atoms with Crippen molar-refractivity contribution in [1.82, 2.24) is 10.2 Å². The fourth-order valence-corrected chi connectivity index (χ4v) is 4.92. The van der Waals surface area contributed by atoms with Gasteiger partial charge in [0.25, 0.3) is 11.8 Å². The molecule has 0 spiro atoms. The van der Waals surface area contributed by atoms with E-state index in [0.717, 1.165) is 12.0 Å². The van der Waals surface area contributed by atoms with Gasteiger partial charge in [0.1, 0.15) is 11.4 Å². The van der Waals surface area contributed by atoms with E-state index in [1.807, 2.05) is 26.0 Å². The molecule has 0 unspecified atom stereocenters. The van der Waals surface area contributed by atoms with Gasteiger partial charge >= 0.3 is 5.97 Å². The highest BCUT2D eigenvalue weighted by molar-refractivity contribution is 6.47. The lowest BCUT2D eigenvalue weighted by atomic mass is 9.86. The van der Waals surface area contributed by atoms with Crippen LogP contribution in [0.1, 0.15) is 81.4 Å². The van der Waals surface area contributed by atoms with Crippen LogP contribution in [-0.2, 0) is 9.59 Å². The Balaban J connectivity index is 1.93. The van der Waals surface area contributed by atoms with Crippen molar-refractivity contribution in [3.63, 3.8) is 0 Å². The predicted molar refractivity (Wildman–Crippen MR) is 146 cm³/mol. The SMILES string of the molecule is CC(C)(C)CC[C@H](c1ccc(C(=O)NCCC(=O)O)cc1)N1C(=O)C(c2cc(Cl)cc(Cl)c2)=NC1(C)C. The number of amides is 2. The number of carboxylic acid groups (broad SMARTS) is 1. The summed E-state index contributed by atoms with van der Waals surface area (Å²) in [6.07, 6.45) is 1.40. The van der Waals surface area contributed by atoms with E-state index in [9.17, 15) is 14.4 Å². The molecular weight excluding hydrogens is 513 g/mol. The second-order valence-corrected chi connectivity index (χ2v) is 11.8. The first-order chi connectivity index (χ1) is 17.2. The van der Waals surface area contributed by atoms with Crippen LogP contribution in [0.4, 0.5) is 0 Å². The molecule has 2 aromatic rings. The fraction of sp³-hybridized carbons (Fsp3) is 0.429. The van der Waals surface area contributed by atoms with Gasteiger partial charge in [0.05, 0.1) is 12.5 Å². The molecule has 0 saturated heterocycles. The van der Waals surface area contributed by atoms with Gasteiger partial charge in [-0.2, -0.15) is 0 Å². The number of aliphatic carboxylic acids is 1. The number of rotatable bonds is 9. The van der Waals surface area contributed by atoms with Crippen molar-refractivity contribution in [1.29, 1.82) is 0 Å². The normalized spacial score (nSPS) is 15.9. The van der Waals surface area contributed by atoms with Gasteiger partial charge in [-0.05, 0) is 68.0 Å². The van der Waals surface area contributed by atoms with E-state index in [1.165, 1.54) is 0 Å². The average molecular weight is 546 g/mol. The zero-order chi connectivity index (χ0) is 27.5. The van der Waals surface area contributed by atoms with Gasteiger partial charge in [0.2, 0.25) is 0 Å². The summed E-state index contributed by atoms with van der Waals surface area (Å²) >= 11 is 12.4. The van der Waals surface area contributed by atoms with Gasteiger partial charge < -0.3 is 15.3 Å². The lowest BCUT2D eigenvalue weighted by Gasteiger charge is -2.38. The molecule has 1 heterocycles. The first-order valence-electron chi connectivity index (χ1n) is 12.2. The Morgan fingerprint density at radius 3 is 2.22 bits per heavy atom. The second kappa shape index (κ2) is 11.2. The van der Waals surface area contributed by atoms with E-state index in [4.69, 9.17) is 33.3 Å². The van der Waals surface area contributed by atoms with Crippen molar-refractivity contribution in [2.24, 2.45) is 10.4 Å². The van der Waals surface area contributed by atoms with Crippen LogP contribution >= 0.6 is 23.2 Å². The first kappa shape index (κ1) is 28.7. The number of carbonyl (C=O) groups excluding carboxylic acids is 2. The monoisotopic (exact) mass is 545 g/mol. The molecule has 2 amide bonds. The minimum Gasteiger partial charge on any atom is -0.481 e.